The van der Waals surface area contributed by atoms with Crippen LogP contribution in [0.1, 0.15) is 21.3 Å². The van der Waals surface area contributed by atoms with Gasteiger partial charge >= 0.3 is 18.3 Å². The molecule has 0 bridgehead atoms. The molecule has 0 aromatic heterocycles. The zero-order valence-corrected chi connectivity index (χ0v) is 17.6. The Morgan fingerprint density at radius 3 is 2.44 bits per heavy atom. The summed E-state index contributed by atoms with van der Waals surface area (Å²) in [5, 5.41) is 2.72. The van der Waals surface area contributed by atoms with E-state index in [4.69, 9.17) is 4.74 Å². The second-order valence-electron chi connectivity index (χ2n) is 9.23. The van der Waals surface area contributed by atoms with Gasteiger partial charge in [-0.25, -0.2) is 22.7 Å². The highest BCUT2D eigenvalue weighted by Gasteiger charge is 2.58. The molecular formula is C19H25F3N4O5S. The van der Waals surface area contributed by atoms with Crippen molar-refractivity contribution in [2.45, 2.75) is 35.5 Å². The van der Waals surface area contributed by atoms with Crippen molar-refractivity contribution in [2.24, 2.45) is 5.41 Å². The third kappa shape index (κ3) is 3.56. The lowest BCUT2D eigenvalue weighted by Crippen LogP contribution is -2.75. The second kappa shape index (κ2) is 6.73. The van der Waals surface area contributed by atoms with Crippen molar-refractivity contribution in [2.75, 3.05) is 32.8 Å². The number of alkyl halides is 3. The Morgan fingerprint density at radius 2 is 1.84 bits per heavy atom. The van der Waals surface area contributed by atoms with Crippen LogP contribution in [0.25, 0.3) is 0 Å². The Kier molecular flexibility index (Phi) is 4.48. The van der Waals surface area contributed by atoms with Crippen LogP contribution in [-0.2, 0) is 20.9 Å². The number of cyclic esters (lactones) is 1. The van der Waals surface area contributed by atoms with E-state index in [2.05, 4.69) is 10.0 Å². The molecule has 0 atom stereocenters. The maximum atomic E-state index is 12.9. The molecule has 9 nitrogen and oxygen atoms in total. The van der Waals surface area contributed by atoms with Gasteiger partial charge in [0, 0.05) is 27.4 Å². The van der Waals surface area contributed by atoms with Gasteiger partial charge in [-0.3, -0.25) is 0 Å². The van der Waals surface area contributed by atoms with Crippen LogP contribution in [0.2, 0.25) is 0 Å². The molecule has 5 rings (SSSR count). The number of benzene rings is 1. The lowest BCUT2D eigenvalue weighted by molar-refractivity contribution is -0.137. The number of nitrogens with one attached hydrogen (secondary N) is 2. The van der Waals surface area contributed by atoms with Gasteiger partial charge in [-0.05, 0) is 31.0 Å². The summed E-state index contributed by atoms with van der Waals surface area (Å²) in [4.78, 5) is 26.6. The minimum atomic E-state index is -4.62. The lowest BCUT2D eigenvalue weighted by Gasteiger charge is -2.60. The zero-order valence-electron chi connectivity index (χ0n) is 16.8. The van der Waals surface area contributed by atoms with Crippen molar-refractivity contribution in [1.82, 2.24) is 19.8 Å². The van der Waals surface area contributed by atoms with Crippen LogP contribution < -0.4 is 10.0 Å². The predicted molar refractivity (Wildman–Crippen MR) is 107 cm³/mol. The van der Waals surface area contributed by atoms with Crippen molar-refractivity contribution in [3.63, 3.8) is 0 Å². The van der Waals surface area contributed by atoms with E-state index >= 15 is 0 Å². The average Bonchev–Trinajstić information content (AvgIpc) is 3.02. The Bertz CT molecular complexity index is 1080. The molecule has 0 radical (unpaired) electrons. The fourth-order valence-corrected chi connectivity index (χ4v) is 6.32. The number of alkyl carbamates (subject to hydrolysis) is 1. The van der Waals surface area contributed by atoms with Crippen LogP contribution in [-0.4, -0.2) is 74.7 Å². The first-order chi connectivity index (χ1) is 14.9. The molecule has 32 heavy (non-hydrogen) atoms. The third-order valence-electron chi connectivity index (χ3n) is 6.58. The summed E-state index contributed by atoms with van der Waals surface area (Å²) >= 11 is 0. The van der Waals surface area contributed by atoms with E-state index in [1.54, 1.807) is 9.80 Å². The number of halogens is 3. The van der Waals surface area contributed by atoms with E-state index in [1.807, 2.05) is 0 Å². The fourth-order valence-electron chi connectivity index (χ4n) is 5.04. The van der Waals surface area contributed by atoms with E-state index in [0.29, 0.717) is 45.1 Å². The average molecular weight is 478 g/mol. The number of nitrogens with zero attached hydrogens (tertiary/aromatic N) is 2. The summed E-state index contributed by atoms with van der Waals surface area (Å²) in [6.45, 7) is 2.02. The van der Waals surface area contributed by atoms with Crippen molar-refractivity contribution in [3.05, 3.63) is 29.8 Å². The number of likely N-dealkylation sites (tertiary alicyclic amines) is 2. The summed E-state index contributed by atoms with van der Waals surface area (Å²) in [5.41, 5.74) is -1.67. The summed E-state index contributed by atoms with van der Waals surface area (Å²) in [6.07, 6.45) is -4.07. The van der Waals surface area contributed by atoms with Crippen LogP contribution in [0.4, 0.5) is 22.8 Å². The van der Waals surface area contributed by atoms with Crippen LogP contribution >= 0.6 is 0 Å². The molecule has 1 saturated carbocycles. The highest BCUT2D eigenvalue weighted by molar-refractivity contribution is 7.89. The third-order valence-corrected chi connectivity index (χ3v) is 8.10. The summed E-state index contributed by atoms with van der Waals surface area (Å²) in [6, 6.07) is 3.13. The molecule has 0 unspecified atom stereocenters. The van der Waals surface area contributed by atoms with Gasteiger partial charge in [0.1, 0.15) is 12.1 Å². The first-order valence-corrected chi connectivity index (χ1v) is 11.6. The lowest BCUT2D eigenvalue weighted by atomic mass is 9.61. The molecule has 1 aromatic carbocycles. The number of carbonyl (C=O) groups excluding carboxylic acids is 2. The van der Waals surface area contributed by atoms with Crippen LogP contribution in [0.5, 0.6) is 0 Å². The first kappa shape index (κ1) is 21.3. The van der Waals surface area contributed by atoms with Crippen molar-refractivity contribution < 1.29 is 38.8 Å². The van der Waals surface area contributed by atoms with Gasteiger partial charge in [0.05, 0.1) is 23.5 Å². The molecule has 2 spiro atoms. The van der Waals surface area contributed by atoms with Gasteiger partial charge < -0.3 is 19.9 Å². The molecule has 1 aromatic rings. The molecular weight excluding hydrogens is 453 g/mol. The molecule has 2 N–H and O–H groups in total. The molecule has 1 aliphatic carbocycles. The summed E-state index contributed by atoms with van der Waals surface area (Å²) in [5.74, 6) is 0. The van der Waals surface area contributed by atoms with Crippen molar-refractivity contribution >= 4 is 22.1 Å². The molecule has 3 saturated heterocycles. The van der Waals surface area contributed by atoms with Gasteiger partial charge in [-0.15, -0.1) is 0 Å². The van der Waals surface area contributed by atoms with Gasteiger partial charge in [0.15, 0.2) is 0 Å². The number of carbonyl (C=O) groups is 2. The maximum absolute atomic E-state index is 12.9. The van der Waals surface area contributed by atoms with Gasteiger partial charge in [-0.1, -0.05) is 6.07 Å². The maximum Gasteiger partial charge on any atom is 0.416 e. The van der Waals surface area contributed by atoms with Crippen molar-refractivity contribution in [1.29, 1.82) is 0 Å². The van der Waals surface area contributed by atoms with Gasteiger partial charge in [0.2, 0.25) is 10.0 Å². The number of urea groups is 1. The Balaban J connectivity index is 0.00000162. The number of amides is 3. The minimum Gasteiger partial charge on any atom is -0.447 e. The zero-order chi connectivity index (χ0) is 22.9. The Hall–Kier alpha value is -2.54. The van der Waals surface area contributed by atoms with Gasteiger partial charge in [-0.2, -0.15) is 13.2 Å². The monoisotopic (exact) mass is 478 g/mol. The van der Waals surface area contributed by atoms with E-state index in [0.717, 1.165) is 18.2 Å². The molecule has 4 fully saturated rings. The second-order valence-corrected chi connectivity index (χ2v) is 10.9. The molecule has 3 amide bonds. The van der Waals surface area contributed by atoms with E-state index in [9.17, 15) is 31.2 Å². The number of hydrogen-bond acceptors (Lipinski definition) is 5. The number of rotatable bonds is 3. The summed E-state index contributed by atoms with van der Waals surface area (Å²) < 4.78 is 71.0. The number of sulfonamides is 1. The van der Waals surface area contributed by atoms with Crippen molar-refractivity contribution in [3.8, 4) is 0 Å². The highest BCUT2D eigenvalue weighted by atomic mass is 32.2. The fraction of sp³-hybridized carbons (Fsp3) is 0.579. The van der Waals surface area contributed by atoms with E-state index in [1.165, 1.54) is 0 Å². The van der Waals surface area contributed by atoms with E-state index < -0.39 is 38.3 Å². The summed E-state index contributed by atoms with van der Waals surface area (Å²) in [7, 11) is -4.08. The quantitative estimate of drug-likeness (QED) is 0.690. The largest absolute Gasteiger partial charge is 0.447 e. The van der Waals surface area contributed by atoms with Crippen LogP contribution in [0.15, 0.2) is 29.2 Å². The first-order valence-electron chi connectivity index (χ1n) is 10.1. The molecule has 3 heterocycles. The molecule has 13 heteroatoms. The number of ether oxygens (including phenoxy) is 1. The standard InChI is InChI=1S/C19H21F3N4O5S.2H2/c20-19(21,22)12-2-1-3-14(4-12)32(29,30)24-13-5-17(6-13)7-25(8-17)16(28)26-9-18(10-26)11-31-15(27)23-18;;/h1-4,13,24H,5-11H2,(H,23,27);2*1H. The van der Waals surface area contributed by atoms with E-state index in [-0.39, 0.29) is 26.9 Å². The minimum absolute atomic E-state index is 0. The number of hydrogen-bond donors (Lipinski definition) is 2. The SMILES string of the molecule is O=C1NC2(CO1)CN(C(=O)N1CC3(CC(NS(=O)(=O)c4cccc(C(F)(F)F)c4)C3)C1)C2.[HH].[HH]. The molecule has 4 aliphatic rings. The van der Waals surface area contributed by atoms with Gasteiger partial charge in [0.25, 0.3) is 0 Å². The predicted octanol–water partition coefficient (Wildman–Crippen LogP) is 1.85. The van der Waals surface area contributed by atoms with Crippen LogP contribution in [0, 0.1) is 5.41 Å². The Labute approximate surface area is 184 Å². The topological polar surface area (TPSA) is 108 Å². The van der Waals surface area contributed by atoms with Crippen LogP contribution in [0.3, 0.4) is 0 Å². The Morgan fingerprint density at radius 1 is 1.19 bits per heavy atom. The molecule has 178 valence electrons. The molecule has 3 aliphatic heterocycles. The highest BCUT2D eigenvalue weighted by Crippen LogP contribution is 2.49. The smallest absolute Gasteiger partial charge is 0.416 e. The normalized spacial score (nSPS) is 23.9.